The monoisotopic (exact) mass is 444 g/mol. The summed E-state index contributed by atoms with van der Waals surface area (Å²) in [5.74, 6) is -0.0637. The molecule has 0 saturated carbocycles. The van der Waals surface area contributed by atoms with Gasteiger partial charge in [0.25, 0.3) is 15.9 Å². The fourth-order valence-electron chi connectivity index (χ4n) is 2.76. The first-order valence-electron chi connectivity index (χ1n) is 9.04. The standard InChI is InChI=1S/C22H21ClN2O4S/c1-14-7-9-17(10-8-14)25-30(27,28)18-6-4-5-16(12-18)22(26)24-20-11-15(2)19(23)13-21(20)29-3/h4-13,25H,1-3H3,(H,24,26). The van der Waals surface area contributed by atoms with E-state index in [-0.39, 0.29) is 10.5 Å². The van der Waals surface area contributed by atoms with Crippen LogP contribution in [-0.4, -0.2) is 21.4 Å². The molecule has 0 aliphatic rings. The molecule has 2 N–H and O–H groups in total. The van der Waals surface area contributed by atoms with Crippen LogP contribution in [0.5, 0.6) is 5.75 Å². The maximum absolute atomic E-state index is 12.7. The van der Waals surface area contributed by atoms with E-state index in [9.17, 15) is 13.2 Å². The average molecular weight is 445 g/mol. The Morgan fingerprint density at radius 1 is 1.00 bits per heavy atom. The lowest BCUT2D eigenvalue weighted by atomic mass is 10.1. The molecule has 0 fully saturated rings. The number of hydrogen-bond donors (Lipinski definition) is 2. The van der Waals surface area contributed by atoms with Crippen LogP contribution in [0.1, 0.15) is 21.5 Å². The van der Waals surface area contributed by atoms with Gasteiger partial charge in [0.05, 0.1) is 17.7 Å². The fourth-order valence-corrected chi connectivity index (χ4v) is 4.02. The number of anilines is 2. The minimum absolute atomic E-state index is 0.0185. The summed E-state index contributed by atoms with van der Waals surface area (Å²) in [7, 11) is -2.38. The van der Waals surface area contributed by atoms with Crippen LogP contribution in [-0.2, 0) is 10.0 Å². The highest BCUT2D eigenvalue weighted by Crippen LogP contribution is 2.31. The molecule has 0 aromatic heterocycles. The fraction of sp³-hybridized carbons (Fsp3) is 0.136. The van der Waals surface area contributed by atoms with Gasteiger partial charge in [-0.3, -0.25) is 9.52 Å². The molecule has 3 rings (SSSR count). The minimum atomic E-state index is -3.85. The minimum Gasteiger partial charge on any atom is -0.495 e. The number of aryl methyl sites for hydroxylation is 2. The second kappa shape index (κ2) is 8.77. The van der Waals surface area contributed by atoms with Crippen LogP contribution in [0.15, 0.2) is 65.6 Å². The average Bonchev–Trinajstić information content (AvgIpc) is 2.72. The number of sulfonamides is 1. The Morgan fingerprint density at radius 3 is 2.37 bits per heavy atom. The van der Waals surface area contributed by atoms with Crippen molar-refractivity contribution < 1.29 is 17.9 Å². The molecule has 0 bridgehead atoms. The van der Waals surface area contributed by atoms with Crippen molar-refractivity contribution in [3.05, 3.63) is 82.4 Å². The number of amides is 1. The Hall–Kier alpha value is -3.03. The molecule has 0 atom stereocenters. The van der Waals surface area contributed by atoms with E-state index in [4.69, 9.17) is 16.3 Å². The number of nitrogens with one attached hydrogen (secondary N) is 2. The largest absolute Gasteiger partial charge is 0.495 e. The first-order valence-corrected chi connectivity index (χ1v) is 10.9. The molecule has 3 aromatic carbocycles. The van der Waals surface area contributed by atoms with E-state index in [1.54, 1.807) is 31.2 Å². The number of hydrogen-bond acceptors (Lipinski definition) is 4. The highest BCUT2D eigenvalue weighted by molar-refractivity contribution is 7.92. The van der Waals surface area contributed by atoms with Crippen molar-refractivity contribution in [1.82, 2.24) is 0 Å². The second-order valence-electron chi connectivity index (χ2n) is 6.76. The smallest absolute Gasteiger partial charge is 0.261 e. The number of ether oxygens (including phenoxy) is 1. The SMILES string of the molecule is COc1cc(Cl)c(C)cc1NC(=O)c1cccc(S(=O)(=O)Nc2ccc(C)cc2)c1. The molecule has 8 heteroatoms. The van der Waals surface area contributed by atoms with Gasteiger partial charge in [-0.15, -0.1) is 0 Å². The summed E-state index contributed by atoms with van der Waals surface area (Å²) in [5, 5.41) is 3.26. The van der Waals surface area contributed by atoms with Crippen LogP contribution in [0, 0.1) is 13.8 Å². The lowest BCUT2D eigenvalue weighted by molar-refractivity contribution is 0.102. The zero-order valence-electron chi connectivity index (χ0n) is 16.7. The molecule has 6 nitrogen and oxygen atoms in total. The van der Waals surface area contributed by atoms with Crippen LogP contribution >= 0.6 is 11.6 Å². The Morgan fingerprint density at radius 2 is 1.70 bits per heavy atom. The predicted molar refractivity (Wildman–Crippen MR) is 119 cm³/mol. The highest BCUT2D eigenvalue weighted by Gasteiger charge is 2.18. The summed E-state index contributed by atoms with van der Waals surface area (Å²) in [4.78, 5) is 12.7. The van der Waals surface area contributed by atoms with Gasteiger partial charge in [-0.1, -0.05) is 35.4 Å². The molecular weight excluding hydrogens is 424 g/mol. The molecule has 0 saturated heterocycles. The van der Waals surface area contributed by atoms with Gasteiger partial charge in [0.1, 0.15) is 5.75 Å². The van der Waals surface area contributed by atoms with E-state index in [2.05, 4.69) is 10.0 Å². The molecular formula is C22H21ClN2O4S. The molecule has 156 valence electrons. The number of halogens is 1. The van der Waals surface area contributed by atoms with Gasteiger partial charge < -0.3 is 10.1 Å². The Kier molecular flexibility index (Phi) is 6.34. The van der Waals surface area contributed by atoms with Crippen molar-refractivity contribution in [3.63, 3.8) is 0 Å². The van der Waals surface area contributed by atoms with E-state index in [0.717, 1.165) is 11.1 Å². The third-order valence-corrected chi connectivity index (χ3v) is 6.23. The molecule has 0 heterocycles. The van der Waals surface area contributed by atoms with E-state index in [0.29, 0.717) is 22.1 Å². The van der Waals surface area contributed by atoms with Crippen molar-refractivity contribution in [3.8, 4) is 5.75 Å². The van der Waals surface area contributed by atoms with E-state index in [1.807, 2.05) is 19.1 Å². The Bertz CT molecular complexity index is 1190. The Labute approximate surface area is 180 Å². The summed E-state index contributed by atoms with van der Waals surface area (Å²) < 4.78 is 33.2. The summed E-state index contributed by atoms with van der Waals surface area (Å²) in [6.45, 7) is 3.72. The zero-order chi connectivity index (χ0) is 21.9. The summed E-state index contributed by atoms with van der Waals surface area (Å²) >= 11 is 6.10. The molecule has 3 aromatic rings. The van der Waals surface area contributed by atoms with Gasteiger partial charge in [0, 0.05) is 22.3 Å². The lowest BCUT2D eigenvalue weighted by Crippen LogP contribution is -2.16. The molecule has 0 aliphatic carbocycles. The highest BCUT2D eigenvalue weighted by atomic mass is 35.5. The van der Waals surface area contributed by atoms with Gasteiger partial charge in [-0.25, -0.2) is 8.42 Å². The molecule has 0 aliphatic heterocycles. The summed E-state index contributed by atoms with van der Waals surface area (Å²) in [5.41, 5.74) is 2.86. The van der Waals surface area contributed by atoms with Crippen LogP contribution in [0.2, 0.25) is 5.02 Å². The van der Waals surface area contributed by atoms with E-state index in [1.165, 1.54) is 31.4 Å². The second-order valence-corrected chi connectivity index (χ2v) is 8.84. The third kappa shape index (κ3) is 4.93. The molecule has 0 spiro atoms. The number of rotatable bonds is 6. The summed E-state index contributed by atoms with van der Waals surface area (Å²) in [6.07, 6.45) is 0. The van der Waals surface area contributed by atoms with Crippen molar-refractivity contribution in [2.75, 3.05) is 17.1 Å². The maximum Gasteiger partial charge on any atom is 0.261 e. The van der Waals surface area contributed by atoms with Crippen LogP contribution in [0.4, 0.5) is 11.4 Å². The molecule has 0 unspecified atom stereocenters. The van der Waals surface area contributed by atoms with Crippen molar-refractivity contribution in [2.24, 2.45) is 0 Å². The van der Waals surface area contributed by atoms with Gasteiger partial charge in [0.15, 0.2) is 0 Å². The van der Waals surface area contributed by atoms with E-state index >= 15 is 0 Å². The molecule has 0 radical (unpaired) electrons. The lowest BCUT2D eigenvalue weighted by Gasteiger charge is -2.13. The quantitative estimate of drug-likeness (QED) is 0.559. The number of carbonyl (C=O) groups is 1. The normalized spacial score (nSPS) is 11.1. The predicted octanol–water partition coefficient (Wildman–Crippen LogP) is 5.02. The zero-order valence-corrected chi connectivity index (χ0v) is 18.3. The molecule has 1 amide bonds. The topological polar surface area (TPSA) is 84.5 Å². The van der Waals surface area contributed by atoms with Gasteiger partial charge in [-0.2, -0.15) is 0 Å². The number of methoxy groups -OCH3 is 1. The maximum atomic E-state index is 12.7. The van der Waals surface area contributed by atoms with Gasteiger partial charge >= 0.3 is 0 Å². The number of benzene rings is 3. The molecule has 30 heavy (non-hydrogen) atoms. The van der Waals surface area contributed by atoms with Crippen molar-refractivity contribution >= 4 is 38.9 Å². The summed E-state index contributed by atoms with van der Waals surface area (Å²) in [6, 6.07) is 16.1. The Balaban J connectivity index is 1.85. The van der Waals surface area contributed by atoms with Crippen LogP contribution in [0.25, 0.3) is 0 Å². The van der Waals surface area contributed by atoms with Crippen molar-refractivity contribution in [2.45, 2.75) is 18.7 Å². The van der Waals surface area contributed by atoms with Crippen molar-refractivity contribution in [1.29, 1.82) is 0 Å². The third-order valence-electron chi connectivity index (χ3n) is 4.44. The van der Waals surface area contributed by atoms with Crippen LogP contribution in [0.3, 0.4) is 0 Å². The van der Waals surface area contributed by atoms with E-state index < -0.39 is 15.9 Å². The van der Waals surface area contributed by atoms with Gasteiger partial charge in [0.2, 0.25) is 0 Å². The first kappa shape index (κ1) is 21.7. The van der Waals surface area contributed by atoms with Gasteiger partial charge in [-0.05, 0) is 55.8 Å². The first-order chi connectivity index (χ1) is 14.2. The van der Waals surface area contributed by atoms with Crippen LogP contribution < -0.4 is 14.8 Å². The number of carbonyl (C=O) groups excluding carboxylic acids is 1.